The van der Waals surface area contributed by atoms with Crippen LogP contribution in [0.15, 0.2) is 53.1 Å². The number of carboxylic acids is 1. The minimum atomic E-state index is -0.957. The molecule has 0 saturated carbocycles. The molecular weight excluding hydrogens is 448 g/mol. The number of nitrogens with zero attached hydrogens (tertiary/aromatic N) is 6. The molecule has 1 aliphatic heterocycles. The molecule has 1 N–H and O–H groups in total. The Morgan fingerprint density at radius 1 is 1.21 bits per heavy atom. The molecule has 1 aromatic carbocycles. The Labute approximate surface area is 199 Å². The lowest BCUT2D eigenvalue weighted by Crippen LogP contribution is -2.21. The molecule has 0 radical (unpaired) electrons. The highest BCUT2D eigenvalue weighted by atomic mass is 32.1. The van der Waals surface area contributed by atoms with E-state index in [0.717, 1.165) is 32.8 Å². The Morgan fingerprint density at radius 3 is 2.71 bits per heavy atom. The van der Waals surface area contributed by atoms with Gasteiger partial charge < -0.3 is 5.11 Å². The first-order valence-electron chi connectivity index (χ1n) is 10.7. The van der Waals surface area contributed by atoms with E-state index in [1.165, 1.54) is 6.20 Å². The van der Waals surface area contributed by atoms with Crippen molar-refractivity contribution in [1.29, 1.82) is 5.26 Å². The van der Waals surface area contributed by atoms with Gasteiger partial charge in [0.1, 0.15) is 22.9 Å². The Hall–Kier alpha value is -4.16. The quantitative estimate of drug-likeness (QED) is 0.471. The second-order valence-corrected chi connectivity index (χ2v) is 9.07. The lowest BCUT2D eigenvalue weighted by atomic mass is 9.92. The normalized spacial score (nSPS) is 15.5. The molecule has 3 aromatic heterocycles. The first kappa shape index (κ1) is 21.7. The van der Waals surface area contributed by atoms with Gasteiger partial charge in [-0.25, -0.2) is 0 Å². The van der Waals surface area contributed by atoms with Gasteiger partial charge in [-0.15, -0.1) is 21.5 Å². The van der Waals surface area contributed by atoms with Crippen LogP contribution >= 0.6 is 11.3 Å². The third-order valence-corrected chi connectivity index (χ3v) is 7.08. The molecule has 0 bridgehead atoms. The van der Waals surface area contributed by atoms with Crippen molar-refractivity contribution in [1.82, 2.24) is 19.7 Å². The van der Waals surface area contributed by atoms with Crippen LogP contribution in [-0.4, -0.2) is 36.5 Å². The maximum absolute atomic E-state index is 12.0. The fraction of sp³-hybridized carbons (Fsp3) is 0.200. The van der Waals surface area contributed by atoms with Gasteiger partial charge in [0, 0.05) is 29.1 Å². The fourth-order valence-corrected chi connectivity index (χ4v) is 5.34. The molecule has 9 heteroatoms. The number of aryl methyl sites for hydroxylation is 2. The van der Waals surface area contributed by atoms with Crippen LogP contribution in [0, 0.1) is 31.1 Å². The Bertz CT molecular complexity index is 1510. The van der Waals surface area contributed by atoms with Crippen LogP contribution in [0.2, 0.25) is 0 Å². The third kappa shape index (κ3) is 3.40. The molecule has 1 aliphatic rings. The van der Waals surface area contributed by atoms with Crippen molar-refractivity contribution < 1.29 is 9.90 Å². The predicted molar refractivity (Wildman–Crippen MR) is 128 cm³/mol. The van der Waals surface area contributed by atoms with Crippen molar-refractivity contribution in [2.45, 2.75) is 26.8 Å². The first-order valence-corrected chi connectivity index (χ1v) is 11.5. The molecule has 5 rings (SSSR count). The van der Waals surface area contributed by atoms with Crippen molar-refractivity contribution in [3.05, 3.63) is 82.0 Å². The second kappa shape index (κ2) is 8.32. The van der Waals surface area contributed by atoms with Gasteiger partial charge in [-0.2, -0.15) is 5.26 Å². The SMILES string of the molecule is Cc1csc2c1C(c1ccccc1-c1cncc(C#N)c1)=NC([C@H](C)C(=O)O)c1nnc(C)n1-2. The summed E-state index contributed by atoms with van der Waals surface area (Å²) in [6, 6.07) is 11.0. The summed E-state index contributed by atoms with van der Waals surface area (Å²) in [7, 11) is 0. The van der Waals surface area contributed by atoms with Gasteiger partial charge >= 0.3 is 5.97 Å². The molecule has 34 heavy (non-hydrogen) atoms. The number of benzene rings is 1. The number of aliphatic carboxylic acids is 1. The number of rotatable bonds is 4. The zero-order valence-electron chi connectivity index (χ0n) is 18.7. The van der Waals surface area contributed by atoms with Crippen LogP contribution in [0.5, 0.6) is 0 Å². The maximum Gasteiger partial charge on any atom is 0.308 e. The summed E-state index contributed by atoms with van der Waals surface area (Å²) in [5.41, 5.74) is 5.58. The fourth-order valence-electron chi connectivity index (χ4n) is 4.23. The number of hydrogen-bond acceptors (Lipinski definition) is 7. The first-order chi connectivity index (χ1) is 16.4. The number of pyridine rings is 1. The summed E-state index contributed by atoms with van der Waals surface area (Å²) in [4.78, 5) is 21.3. The van der Waals surface area contributed by atoms with Gasteiger partial charge in [0.2, 0.25) is 0 Å². The van der Waals surface area contributed by atoms with E-state index in [4.69, 9.17) is 4.99 Å². The average molecular weight is 469 g/mol. The van der Waals surface area contributed by atoms with Crippen LogP contribution in [-0.2, 0) is 4.79 Å². The van der Waals surface area contributed by atoms with Gasteiger partial charge in [-0.3, -0.25) is 19.3 Å². The number of carboxylic acid groups (broad SMARTS) is 1. The highest BCUT2D eigenvalue weighted by Gasteiger charge is 2.36. The zero-order valence-corrected chi connectivity index (χ0v) is 19.5. The van der Waals surface area contributed by atoms with Crippen LogP contribution < -0.4 is 0 Å². The van der Waals surface area contributed by atoms with E-state index in [1.807, 2.05) is 42.7 Å². The topological polar surface area (TPSA) is 117 Å². The van der Waals surface area contributed by atoms with E-state index in [0.29, 0.717) is 22.9 Å². The maximum atomic E-state index is 12.0. The summed E-state index contributed by atoms with van der Waals surface area (Å²) >= 11 is 1.55. The monoisotopic (exact) mass is 468 g/mol. The largest absolute Gasteiger partial charge is 0.481 e. The average Bonchev–Trinajstić information content (AvgIpc) is 3.37. The summed E-state index contributed by atoms with van der Waals surface area (Å²) in [5, 5.41) is 30.8. The highest BCUT2D eigenvalue weighted by molar-refractivity contribution is 7.13. The van der Waals surface area contributed by atoms with Gasteiger partial charge in [0.05, 0.1) is 17.2 Å². The molecular formula is C25H20N6O2S. The van der Waals surface area contributed by atoms with Crippen molar-refractivity contribution in [3.63, 3.8) is 0 Å². The number of aliphatic imine (C=N–C) groups is 1. The van der Waals surface area contributed by atoms with Crippen molar-refractivity contribution in [3.8, 4) is 22.2 Å². The minimum absolute atomic E-state index is 0.460. The molecule has 1 unspecified atom stereocenters. The van der Waals surface area contributed by atoms with E-state index in [2.05, 4.69) is 26.6 Å². The highest BCUT2D eigenvalue weighted by Crippen LogP contribution is 2.40. The minimum Gasteiger partial charge on any atom is -0.481 e. The standard InChI is InChI=1S/C25H20N6O2S/c1-13-12-34-24-20(13)22(28-21(14(2)25(32)33)23-30-29-15(3)31(23)24)19-7-5-4-6-18(19)17-8-16(9-26)10-27-11-17/h4-8,10-12,14,21H,1-3H3,(H,32,33)/t14-,21?/m0/s1. The third-order valence-electron chi connectivity index (χ3n) is 6.00. The van der Waals surface area contributed by atoms with E-state index in [9.17, 15) is 15.2 Å². The summed E-state index contributed by atoms with van der Waals surface area (Å²) in [6.07, 6.45) is 3.24. The zero-order chi connectivity index (χ0) is 24.0. The van der Waals surface area contributed by atoms with Crippen molar-refractivity contribution in [2.24, 2.45) is 10.9 Å². The Morgan fingerprint density at radius 2 is 1.97 bits per heavy atom. The van der Waals surface area contributed by atoms with Crippen molar-refractivity contribution >= 4 is 23.0 Å². The summed E-state index contributed by atoms with van der Waals surface area (Å²) in [5.74, 6) is -0.587. The number of fused-ring (bicyclic) bond motifs is 3. The molecule has 8 nitrogen and oxygen atoms in total. The molecule has 0 fully saturated rings. The molecule has 0 spiro atoms. The van der Waals surface area contributed by atoms with Crippen LogP contribution in [0.4, 0.5) is 0 Å². The molecule has 0 saturated heterocycles. The van der Waals surface area contributed by atoms with Gasteiger partial charge in [0.15, 0.2) is 5.82 Å². The van der Waals surface area contributed by atoms with Gasteiger partial charge in [-0.1, -0.05) is 24.3 Å². The molecule has 0 amide bonds. The molecule has 0 aliphatic carbocycles. The molecule has 4 heterocycles. The number of nitriles is 1. The number of aromatic nitrogens is 4. The number of hydrogen-bond donors (Lipinski definition) is 1. The Balaban J connectivity index is 1.82. The smallest absolute Gasteiger partial charge is 0.308 e. The van der Waals surface area contributed by atoms with E-state index in [1.54, 1.807) is 30.5 Å². The summed E-state index contributed by atoms with van der Waals surface area (Å²) < 4.78 is 1.92. The summed E-state index contributed by atoms with van der Waals surface area (Å²) in [6.45, 7) is 5.52. The van der Waals surface area contributed by atoms with Gasteiger partial charge in [0.25, 0.3) is 0 Å². The molecule has 2 atom stereocenters. The van der Waals surface area contributed by atoms with Crippen LogP contribution in [0.1, 0.15) is 46.9 Å². The van der Waals surface area contributed by atoms with Gasteiger partial charge in [-0.05, 0) is 43.3 Å². The molecule has 168 valence electrons. The second-order valence-electron chi connectivity index (χ2n) is 8.21. The lowest BCUT2D eigenvalue weighted by molar-refractivity contribution is -0.141. The van der Waals surface area contributed by atoms with Crippen LogP contribution in [0.25, 0.3) is 16.1 Å². The van der Waals surface area contributed by atoms with Crippen LogP contribution in [0.3, 0.4) is 0 Å². The number of carbonyl (C=O) groups is 1. The van der Waals surface area contributed by atoms with Crippen molar-refractivity contribution in [2.75, 3.05) is 0 Å². The molecule has 4 aromatic rings. The number of thiophene rings is 1. The van der Waals surface area contributed by atoms with E-state index >= 15 is 0 Å². The van der Waals surface area contributed by atoms with E-state index in [-0.39, 0.29) is 0 Å². The predicted octanol–water partition coefficient (Wildman–Crippen LogP) is 4.49. The van der Waals surface area contributed by atoms with E-state index < -0.39 is 17.9 Å². The Kier molecular flexibility index (Phi) is 5.30. The lowest BCUT2D eigenvalue weighted by Gasteiger charge is -2.17.